The molecule has 0 spiro atoms. The summed E-state index contributed by atoms with van der Waals surface area (Å²) in [5.74, 6) is 0.476. The van der Waals surface area contributed by atoms with E-state index in [-0.39, 0.29) is 6.61 Å². The minimum Gasteiger partial charge on any atom is -0.395 e. The number of unbranched alkanes of at least 4 members (excludes halogenated alkanes) is 1. The van der Waals surface area contributed by atoms with Gasteiger partial charge in [0.25, 0.3) is 0 Å². The first-order chi connectivity index (χ1) is 8.17. The first kappa shape index (κ1) is 14.2. The van der Waals surface area contributed by atoms with Gasteiger partial charge in [0.15, 0.2) is 0 Å². The maximum absolute atomic E-state index is 9.02. The van der Waals surface area contributed by atoms with E-state index in [1.54, 1.807) is 12.1 Å². The van der Waals surface area contributed by atoms with Crippen molar-refractivity contribution >= 4 is 17.4 Å². The zero-order chi connectivity index (χ0) is 12.7. The molecule has 1 rings (SSSR count). The number of aliphatic hydroxyl groups excluding tert-OH is 1. The Bertz CT molecular complexity index is 347. The second-order valence-corrected chi connectivity index (χ2v) is 4.43. The summed E-state index contributed by atoms with van der Waals surface area (Å²) >= 11 is 6.07. The highest BCUT2D eigenvalue weighted by molar-refractivity contribution is 6.31. The standard InChI is InChI=1S/C12H20ClN3O/c1-2-3-6-16(7-8-17)9-11-10(13)4-5-12(14)15-11/h4-5,17H,2-3,6-9H2,1H3,(H2,14,15). The highest BCUT2D eigenvalue weighted by atomic mass is 35.5. The van der Waals surface area contributed by atoms with Crippen molar-refractivity contribution < 1.29 is 5.11 Å². The first-order valence-corrected chi connectivity index (χ1v) is 6.29. The predicted octanol–water partition coefficient (Wildman–Crippen LogP) is 1.91. The smallest absolute Gasteiger partial charge is 0.123 e. The van der Waals surface area contributed by atoms with Crippen LogP contribution in [0.3, 0.4) is 0 Å². The molecule has 4 nitrogen and oxygen atoms in total. The highest BCUT2D eigenvalue weighted by Gasteiger charge is 2.09. The van der Waals surface area contributed by atoms with Crippen LogP contribution in [0.1, 0.15) is 25.5 Å². The number of nitrogen functional groups attached to an aromatic ring is 1. The van der Waals surface area contributed by atoms with Gasteiger partial charge in [0.2, 0.25) is 0 Å². The fourth-order valence-electron chi connectivity index (χ4n) is 1.62. The molecule has 1 aromatic heterocycles. The van der Waals surface area contributed by atoms with Gasteiger partial charge in [-0.15, -0.1) is 0 Å². The summed E-state index contributed by atoms with van der Waals surface area (Å²) in [6, 6.07) is 3.45. The lowest BCUT2D eigenvalue weighted by Crippen LogP contribution is -2.28. The molecule has 0 unspecified atom stereocenters. The molecule has 0 aliphatic heterocycles. The Morgan fingerprint density at radius 1 is 1.41 bits per heavy atom. The van der Waals surface area contributed by atoms with E-state index in [2.05, 4.69) is 16.8 Å². The van der Waals surface area contributed by atoms with Crippen LogP contribution in [0.15, 0.2) is 12.1 Å². The average Bonchev–Trinajstić information content (AvgIpc) is 2.31. The summed E-state index contributed by atoms with van der Waals surface area (Å²) in [4.78, 5) is 6.36. The number of aromatic nitrogens is 1. The van der Waals surface area contributed by atoms with Crippen molar-refractivity contribution in [2.45, 2.75) is 26.3 Å². The highest BCUT2D eigenvalue weighted by Crippen LogP contribution is 2.17. The summed E-state index contributed by atoms with van der Waals surface area (Å²) in [7, 11) is 0. The Labute approximate surface area is 107 Å². The van der Waals surface area contributed by atoms with Gasteiger partial charge in [-0.1, -0.05) is 24.9 Å². The number of rotatable bonds is 7. The number of halogens is 1. The van der Waals surface area contributed by atoms with Gasteiger partial charge in [0, 0.05) is 13.1 Å². The zero-order valence-electron chi connectivity index (χ0n) is 10.2. The topological polar surface area (TPSA) is 62.4 Å². The average molecular weight is 258 g/mol. The molecular formula is C12H20ClN3O. The van der Waals surface area contributed by atoms with Crippen LogP contribution in [-0.2, 0) is 6.54 Å². The molecule has 1 heterocycles. The van der Waals surface area contributed by atoms with E-state index in [0.717, 1.165) is 25.1 Å². The number of hydrogen-bond donors (Lipinski definition) is 2. The van der Waals surface area contributed by atoms with E-state index in [4.69, 9.17) is 22.4 Å². The van der Waals surface area contributed by atoms with Gasteiger partial charge >= 0.3 is 0 Å². The third-order valence-corrected chi connectivity index (χ3v) is 2.90. The Balaban J connectivity index is 2.67. The van der Waals surface area contributed by atoms with Crippen molar-refractivity contribution in [1.29, 1.82) is 0 Å². The monoisotopic (exact) mass is 257 g/mol. The summed E-state index contributed by atoms with van der Waals surface area (Å²) in [6.07, 6.45) is 2.22. The van der Waals surface area contributed by atoms with Crippen LogP contribution in [0.4, 0.5) is 5.82 Å². The Morgan fingerprint density at radius 2 is 2.18 bits per heavy atom. The summed E-state index contributed by atoms with van der Waals surface area (Å²) in [5.41, 5.74) is 6.41. The molecule has 0 atom stereocenters. The normalized spacial score (nSPS) is 11.1. The molecule has 0 aliphatic rings. The molecule has 0 amide bonds. The van der Waals surface area contributed by atoms with Crippen molar-refractivity contribution in [3.8, 4) is 0 Å². The number of aliphatic hydroxyl groups is 1. The van der Waals surface area contributed by atoms with E-state index in [1.165, 1.54) is 0 Å². The van der Waals surface area contributed by atoms with Crippen LogP contribution < -0.4 is 5.73 Å². The number of nitrogens with zero attached hydrogens (tertiary/aromatic N) is 2. The minimum atomic E-state index is 0.143. The lowest BCUT2D eigenvalue weighted by Gasteiger charge is -2.21. The molecular weight excluding hydrogens is 238 g/mol. The molecule has 0 saturated heterocycles. The number of hydrogen-bond acceptors (Lipinski definition) is 4. The Kier molecular flexibility index (Phi) is 6.26. The minimum absolute atomic E-state index is 0.143. The van der Waals surface area contributed by atoms with Crippen molar-refractivity contribution in [2.24, 2.45) is 0 Å². The Hall–Kier alpha value is -0.840. The Morgan fingerprint density at radius 3 is 2.82 bits per heavy atom. The van der Waals surface area contributed by atoms with Crippen molar-refractivity contribution in [3.05, 3.63) is 22.8 Å². The largest absolute Gasteiger partial charge is 0.395 e. The number of nitrogens with two attached hydrogens (primary N) is 1. The maximum atomic E-state index is 9.02. The molecule has 0 aromatic carbocycles. The predicted molar refractivity (Wildman–Crippen MR) is 70.9 cm³/mol. The summed E-state index contributed by atoms with van der Waals surface area (Å²) in [6.45, 7) is 4.48. The van der Waals surface area contributed by atoms with Crippen LogP contribution in [0.25, 0.3) is 0 Å². The second-order valence-electron chi connectivity index (χ2n) is 4.02. The zero-order valence-corrected chi connectivity index (χ0v) is 11.0. The van der Waals surface area contributed by atoms with E-state index < -0.39 is 0 Å². The van der Waals surface area contributed by atoms with Gasteiger partial charge < -0.3 is 10.8 Å². The maximum Gasteiger partial charge on any atom is 0.123 e. The van der Waals surface area contributed by atoms with Gasteiger partial charge in [-0.05, 0) is 25.1 Å². The lowest BCUT2D eigenvalue weighted by atomic mass is 10.2. The SMILES string of the molecule is CCCCN(CCO)Cc1nc(N)ccc1Cl. The molecule has 5 heteroatoms. The van der Waals surface area contributed by atoms with Gasteiger partial charge in [-0.3, -0.25) is 4.90 Å². The van der Waals surface area contributed by atoms with Crippen LogP contribution in [0.5, 0.6) is 0 Å². The third kappa shape index (κ3) is 4.89. The molecule has 96 valence electrons. The molecule has 17 heavy (non-hydrogen) atoms. The van der Waals surface area contributed by atoms with E-state index in [1.807, 2.05) is 0 Å². The van der Waals surface area contributed by atoms with Crippen molar-refractivity contribution in [3.63, 3.8) is 0 Å². The molecule has 3 N–H and O–H groups in total. The van der Waals surface area contributed by atoms with E-state index in [9.17, 15) is 0 Å². The number of anilines is 1. The van der Waals surface area contributed by atoms with Crippen molar-refractivity contribution in [1.82, 2.24) is 9.88 Å². The van der Waals surface area contributed by atoms with Gasteiger partial charge in [0.05, 0.1) is 17.3 Å². The molecule has 0 aliphatic carbocycles. The summed E-state index contributed by atoms with van der Waals surface area (Å²) in [5, 5.41) is 9.64. The molecule has 0 radical (unpaired) electrons. The lowest BCUT2D eigenvalue weighted by molar-refractivity contribution is 0.187. The summed E-state index contributed by atoms with van der Waals surface area (Å²) < 4.78 is 0. The molecule has 0 bridgehead atoms. The van der Waals surface area contributed by atoms with E-state index in [0.29, 0.717) is 23.9 Å². The second kappa shape index (κ2) is 7.48. The van der Waals surface area contributed by atoms with Crippen LogP contribution in [-0.4, -0.2) is 34.7 Å². The van der Waals surface area contributed by atoms with Gasteiger partial charge in [0.1, 0.15) is 5.82 Å². The first-order valence-electron chi connectivity index (χ1n) is 5.91. The van der Waals surface area contributed by atoms with Crippen LogP contribution >= 0.6 is 11.6 Å². The van der Waals surface area contributed by atoms with Gasteiger partial charge in [-0.2, -0.15) is 0 Å². The van der Waals surface area contributed by atoms with Crippen LogP contribution in [0, 0.1) is 0 Å². The molecule has 0 saturated carbocycles. The molecule has 0 fully saturated rings. The van der Waals surface area contributed by atoms with Crippen molar-refractivity contribution in [2.75, 3.05) is 25.4 Å². The fraction of sp³-hybridized carbons (Fsp3) is 0.583. The number of pyridine rings is 1. The molecule has 1 aromatic rings. The van der Waals surface area contributed by atoms with Crippen LogP contribution in [0.2, 0.25) is 5.02 Å². The van der Waals surface area contributed by atoms with Gasteiger partial charge in [-0.25, -0.2) is 4.98 Å². The third-order valence-electron chi connectivity index (χ3n) is 2.56. The quantitative estimate of drug-likeness (QED) is 0.783. The fourth-order valence-corrected chi connectivity index (χ4v) is 1.78. The van der Waals surface area contributed by atoms with E-state index >= 15 is 0 Å².